The molecule has 0 aromatic rings. The van der Waals surface area contributed by atoms with Gasteiger partial charge >= 0.3 is 0 Å². The number of terminal acetylenes is 1. The molecule has 2 rings (SSSR count). The molecule has 0 amide bonds. The number of nitrogens with zero attached hydrogens (tertiary/aromatic N) is 1. The number of rotatable bonds is 1. The molecule has 2 aliphatic rings. The summed E-state index contributed by atoms with van der Waals surface area (Å²) < 4.78 is 0. The molecule has 0 radical (unpaired) electrons. The van der Waals surface area contributed by atoms with E-state index in [1.165, 1.54) is 12.8 Å². The fourth-order valence-corrected chi connectivity index (χ4v) is 2.87. The minimum absolute atomic E-state index is 0.675. The molecule has 0 N–H and O–H groups in total. The second kappa shape index (κ2) is 2.69. The lowest BCUT2D eigenvalue weighted by Gasteiger charge is -2.35. The highest BCUT2D eigenvalue weighted by Gasteiger charge is 2.47. The van der Waals surface area contributed by atoms with Crippen molar-refractivity contribution >= 4 is 0 Å². The summed E-state index contributed by atoms with van der Waals surface area (Å²) in [5.74, 6) is 2.56. The first-order valence-corrected chi connectivity index (χ1v) is 4.97. The Kier molecular flexibility index (Phi) is 1.79. The Morgan fingerprint density at radius 2 is 2.17 bits per heavy atom. The first-order chi connectivity index (χ1) is 5.74. The lowest BCUT2D eigenvalue weighted by Crippen LogP contribution is -2.36. The summed E-state index contributed by atoms with van der Waals surface area (Å²) in [7, 11) is 0. The van der Waals surface area contributed by atoms with Gasteiger partial charge in [-0.1, -0.05) is 20.3 Å². The number of hydrogen-bond acceptors (Lipinski definition) is 1. The SMILES string of the molecule is C#CN1C[C@@H]2CC[C@H]2C1C(C)C. The summed E-state index contributed by atoms with van der Waals surface area (Å²) in [5, 5.41) is 0. The molecule has 1 aliphatic heterocycles. The quantitative estimate of drug-likeness (QED) is 0.534. The maximum Gasteiger partial charge on any atom is 0.0425 e. The predicted molar refractivity (Wildman–Crippen MR) is 50.4 cm³/mol. The van der Waals surface area contributed by atoms with Crippen molar-refractivity contribution < 1.29 is 0 Å². The van der Waals surface area contributed by atoms with E-state index in [-0.39, 0.29) is 0 Å². The highest BCUT2D eigenvalue weighted by atomic mass is 15.2. The van der Waals surface area contributed by atoms with Crippen molar-refractivity contribution in [2.45, 2.75) is 32.7 Å². The van der Waals surface area contributed by atoms with Gasteiger partial charge in [-0.15, -0.1) is 0 Å². The van der Waals surface area contributed by atoms with Gasteiger partial charge in [0.2, 0.25) is 0 Å². The van der Waals surface area contributed by atoms with Crippen LogP contribution in [0.15, 0.2) is 0 Å². The summed E-state index contributed by atoms with van der Waals surface area (Å²) in [6, 6.07) is 3.50. The van der Waals surface area contributed by atoms with Crippen LogP contribution < -0.4 is 0 Å². The summed E-state index contributed by atoms with van der Waals surface area (Å²) in [5.41, 5.74) is 0. The van der Waals surface area contributed by atoms with Gasteiger partial charge in [0.25, 0.3) is 0 Å². The van der Waals surface area contributed by atoms with Crippen LogP contribution in [0.5, 0.6) is 0 Å². The Morgan fingerprint density at radius 1 is 1.42 bits per heavy atom. The summed E-state index contributed by atoms with van der Waals surface area (Å²) in [6.07, 6.45) is 8.31. The van der Waals surface area contributed by atoms with Gasteiger partial charge in [-0.2, -0.15) is 0 Å². The average molecular weight is 163 g/mol. The van der Waals surface area contributed by atoms with E-state index in [4.69, 9.17) is 6.42 Å². The van der Waals surface area contributed by atoms with Crippen molar-refractivity contribution in [3.05, 3.63) is 0 Å². The lowest BCUT2D eigenvalue weighted by molar-refractivity contribution is 0.167. The maximum absolute atomic E-state index is 5.49. The Balaban J connectivity index is 2.13. The zero-order valence-corrected chi connectivity index (χ0v) is 7.96. The van der Waals surface area contributed by atoms with Gasteiger partial charge in [0, 0.05) is 18.6 Å². The van der Waals surface area contributed by atoms with Gasteiger partial charge in [-0.05, 0) is 30.6 Å². The molecule has 1 nitrogen and oxygen atoms in total. The van der Waals surface area contributed by atoms with E-state index < -0.39 is 0 Å². The van der Waals surface area contributed by atoms with Crippen molar-refractivity contribution in [1.82, 2.24) is 4.90 Å². The van der Waals surface area contributed by atoms with Crippen molar-refractivity contribution in [2.24, 2.45) is 17.8 Å². The van der Waals surface area contributed by atoms with Gasteiger partial charge in [0.05, 0.1) is 0 Å². The van der Waals surface area contributed by atoms with Gasteiger partial charge in [-0.25, -0.2) is 0 Å². The van der Waals surface area contributed by atoms with Crippen molar-refractivity contribution in [2.75, 3.05) is 6.54 Å². The van der Waals surface area contributed by atoms with Crippen LogP contribution in [0.4, 0.5) is 0 Å². The molecule has 66 valence electrons. The number of fused-ring (bicyclic) bond motifs is 1. The van der Waals surface area contributed by atoms with Gasteiger partial charge in [-0.3, -0.25) is 0 Å². The van der Waals surface area contributed by atoms with Crippen LogP contribution in [-0.4, -0.2) is 17.5 Å². The molecular formula is C11H17N. The van der Waals surface area contributed by atoms with Crippen LogP contribution >= 0.6 is 0 Å². The zero-order chi connectivity index (χ0) is 8.72. The molecule has 2 fully saturated rings. The standard InChI is InChI=1S/C11H17N/c1-4-12-7-9-5-6-10(9)11(12)8(2)3/h1,8-11H,5-7H2,2-3H3/t9-,10+,11?/m0/s1. The Morgan fingerprint density at radius 3 is 2.58 bits per heavy atom. The second-order valence-electron chi connectivity index (χ2n) is 4.52. The van der Waals surface area contributed by atoms with Crippen molar-refractivity contribution in [3.8, 4) is 12.5 Å². The molecule has 1 saturated heterocycles. The molecule has 1 aliphatic carbocycles. The third kappa shape index (κ3) is 0.941. The highest BCUT2D eigenvalue weighted by molar-refractivity contribution is 5.06. The largest absolute Gasteiger partial charge is 0.329 e. The van der Waals surface area contributed by atoms with E-state index in [2.05, 4.69) is 24.8 Å². The van der Waals surface area contributed by atoms with E-state index >= 15 is 0 Å². The minimum Gasteiger partial charge on any atom is -0.329 e. The topological polar surface area (TPSA) is 3.24 Å². The van der Waals surface area contributed by atoms with Crippen LogP contribution in [0, 0.1) is 30.2 Å². The molecule has 1 heteroatoms. The summed E-state index contributed by atoms with van der Waals surface area (Å²) in [6.45, 7) is 5.73. The van der Waals surface area contributed by atoms with Crippen LogP contribution in [0.3, 0.4) is 0 Å². The molecule has 1 unspecified atom stereocenters. The fourth-order valence-electron chi connectivity index (χ4n) is 2.87. The van der Waals surface area contributed by atoms with Crippen LogP contribution in [-0.2, 0) is 0 Å². The lowest BCUT2D eigenvalue weighted by atomic mass is 9.71. The van der Waals surface area contributed by atoms with E-state index in [1.54, 1.807) is 0 Å². The fraction of sp³-hybridized carbons (Fsp3) is 0.818. The summed E-state index contributed by atoms with van der Waals surface area (Å²) >= 11 is 0. The Hall–Kier alpha value is -0.640. The highest BCUT2D eigenvalue weighted by Crippen LogP contribution is 2.46. The minimum atomic E-state index is 0.675. The smallest absolute Gasteiger partial charge is 0.0425 e. The normalized spacial score (nSPS) is 39.2. The van der Waals surface area contributed by atoms with E-state index in [9.17, 15) is 0 Å². The molecule has 0 bridgehead atoms. The average Bonchev–Trinajstić information content (AvgIpc) is 2.23. The number of likely N-dealkylation sites (tertiary alicyclic amines) is 1. The monoisotopic (exact) mass is 163 g/mol. The van der Waals surface area contributed by atoms with E-state index in [1.807, 2.05) is 0 Å². The third-order valence-electron chi connectivity index (χ3n) is 3.55. The van der Waals surface area contributed by atoms with E-state index in [0.29, 0.717) is 6.04 Å². The molecule has 3 atom stereocenters. The van der Waals surface area contributed by atoms with Gasteiger partial charge in [0.15, 0.2) is 0 Å². The number of hydrogen-bond donors (Lipinski definition) is 0. The molecule has 1 heterocycles. The first kappa shape index (κ1) is 7.98. The molecule has 12 heavy (non-hydrogen) atoms. The predicted octanol–water partition coefficient (Wildman–Crippen LogP) is 1.94. The van der Waals surface area contributed by atoms with Crippen LogP contribution in [0.25, 0.3) is 0 Å². The van der Waals surface area contributed by atoms with E-state index in [0.717, 1.165) is 24.3 Å². The molecule has 0 aromatic heterocycles. The molecule has 0 spiro atoms. The maximum atomic E-state index is 5.49. The van der Waals surface area contributed by atoms with Crippen molar-refractivity contribution in [3.63, 3.8) is 0 Å². The molecule has 0 aromatic carbocycles. The second-order valence-corrected chi connectivity index (χ2v) is 4.52. The molecule has 1 saturated carbocycles. The van der Waals surface area contributed by atoms with Gasteiger partial charge in [0.1, 0.15) is 0 Å². The summed E-state index contributed by atoms with van der Waals surface area (Å²) in [4.78, 5) is 2.23. The Bertz CT molecular complexity index is 214. The van der Waals surface area contributed by atoms with Crippen LogP contribution in [0.2, 0.25) is 0 Å². The van der Waals surface area contributed by atoms with Gasteiger partial charge < -0.3 is 4.90 Å². The zero-order valence-electron chi connectivity index (χ0n) is 7.96. The Labute approximate surface area is 75.1 Å². The first-order valence-electron chi connectivity index (χ1n) is 4.97. The van der Waals surface area contributed by atoms with Crippen molar-refractivity contribution in [1.29, 1.82) is 0 Å². The van der Waals surface area contributed by atoms with Crippen LogP contribution in [0.1, 0.15) is 26.7 Å². The third-order valence-corrected chi connectivity index (χ3v) is 3.55. The molecular weight excluding hydrogens is 146 g/mol.